The van der Waals surface area contributed by atoms with Crippen LogP contribution in [0.1, 0.15) is 25.5 Å². The number of hydrogen-bond acceptors (Lipinski definition) is 2. The van der Waals surface area contributed by atoms with Crippen LogP contribution in [0.15, 0.2) is 12.1 Å². The average molecular weight is 227 g/mol. The molecule has 1 aromatic rings. The Balaban J connectivity index is 2.45. The maximum Gasteiger partial charge on any atom is 0.168 e. The predicted octanol–water partition coefficient (Wildman–Crippen LogP) is 2.64. The highest BCUT2D eigenvalue weighted by atomic mass is 19.1. The molecule has 2 rings (SSSR count). The van der Waals surface area contributed by atoms with Gasteiger partial charge in [0.25, 0.3) is 0 Å². The lowest BCUT2D eigenvalue weighted by molar-refractivity contribution is 0.181. The lowest BCUT2D eigenvalue weighted by Gasteiger charge is -2.32. The first kappa shape index (κ1) is 11.3. The van der Waals surface area contributed by atoms with E-state index in [4.69, 9.17) is 4.74 Å². The van der Waals surface area contributed by atoms with E-state index < -0.39 is 11.6 Å². The summed E-state index contributed by atoms with van der Waals surface area (Å²) in [5, 5.41) is 3.23. The Morgan fingerprint density at radius 3 is 2.88 bits per heavy atom. The van der Waals surface area contributed by atoms with Crippen molar-refractivity contribution in [1.29, 1.82) is 0 Å². The molecule has 0 amide bonds. The molecule has 0 saturated heterocycles. The minimum atomic E-state index is -0.621. The van der Waals surface area contributed by atoms with E-state index in [0.717, 1.165) is 12.6 Å². The highest BCUT2D eigenvalue weighted by molar-refractivity contribution is 5.39. The molecule has 2 atom stereocenters. The van der Waals surface area contributed by atoms with E-state index in [0.29, 0.717) is 12.2 Å². The Hall–Kier alpha value is -1.16. The second kappa shape index (κ2) is 4.37. The first-order valence-electron chi connectivity index (χ1n) is 5.48. The zero-order valence-electron chi connectivity index (χ0n) is 9.39. The number of benzene rings is 1. The monoisotopic (exact) mass is 227 g/mol. The minimum Gasteiger partial charge on any atom is -0.490 e. The molecular weight excluding hydrogens is 212 g/mol. The summed E-state index contributed by atoms with van der Waals surface area (Å²) in [7, 11) is 0. The minimum absolute atomic E-state index is 0.0426. The van der Waals surface area contributed by atoms with E-state index in [9.17, 15) is 8.78 Å². The summed E-state index contributed by atoms with van der Waals surface area (Å²) >= 11 is 0. The second-order valence-corrected chi connectivity index (χ2v) is 4.13. The van der Waals surface area contributed by atoms with Crippen molar-refractivity contribution in [2.45, 2.75) is 19.9 Å². The van der Waals surface area contributed by atoms with Gasteiger partial charge in [-0.25, -0.2) is 8.78 Å². The summed E-state index contributed by atoms with van der Waals surface area (Å²) < 4.78 is 32.0. The van der Waals surface area contributed by atoms with Crippen LogP contribution in [0.4, 0.5) is 8.78 Å². The van der Waals surface area contributed by atoms with Gasteiger partial charge in [-0.15, -0.1) is 0 Å². The van der Waals surface area contributed by atoms with Crippen molar-refractivity contribution in [3.63, 3.8) is 0 Å². The summed E-state index contributed by atoms with van der Waals surface area (Å²) in [6.07, 6.45) is 0. The van der Waals surface area contributed by atoms with Gasteiger partial charge < -0.3 is 10.1 Å². The molecule has 0 aromatic heterocycles. The third-order valence-electron chi connectivity index (χ3n) is 2.86. The first-order chi connectivity index (χ1) is 7.63. The van der Waals surface area contributed by atoms with Crippen molar-refractivity contribution >= 4 is 0 Å². The topological polar surface area (TPSA) is 21.3 Å². The SMILES string of the molecule is CCNC1c2cc(F)cc(F)c2OCC1C. The number of ether oxygens (including phenoxy) is 1. The molecule has 0 spiro atoms. The summed E-state index contributed by atoms with van der Waals surface area (Å²) in [6, 6.07) is 2.16. The van der Waals surface area contributed by atoms with Crippen LogP contribution in [-0.4, -0.2) is 13.2 Å². The molecule has 1 heterocycles. The number of rotatable bonds is 2. The van der Waals surface area contributed by atoms with Gasteiger partial charge in [0.1, 0.15) is 5.82 Å². The molecule has 0 aliphatic carbocycles. The van der Waals surface area contributed by atoms with Crippen molar-refractivity contribution < 1.29 is 13.5 Å². The van der Waals surface area contributed by atoms with Crippen molar-refractivity contribution in [2.75, 3.05) is 13.2 Å². The van der Waals surface area contributed by atoms with Crippen LogP contribution in [0.3, 0.4) is 0 Å². The number of hydrogen-bond donors (Lipinski definition) is 1. The van der Waals surface area contributed by atoms with Gasteiger partial charge >= 0.3 is 0 Å². The fourth-order valence-corrected chi connectivity index (χ4v) is 2.11. The normalized spacial score (nSPS) is 23.8. The van der Waals surface area contributed by atoms with Crippen LogP contribution < -0.4 is 10.1 Å². The Bertz CT molecular complexity index is 395. The van der Waals surface area contributed by atoms with E-state index in [-0.39, 0.29) is 17.7 Å². The molecule has 1 N–H and O–H groups in total. The Labute approximate surface area is 93.6 Å². The molecule has 2 nitrogen and oxygen atoms in total. The van der Waals surface area contributed by atoms with Crippen molar-refractivity contribution in [1.82, 2.24) is 5.32 Å². The summed E-state index contributed by atoms with van der Waals surface area (Å²) in [4.78, 5) is 0. The van der Waals surface area contributed by atoms with E-state index in [1.165, 1.54) is 6.07 Å². The molecule has 2 unspecified atom stereocenters. The summed E-state index contributed by atoms with van der Waals surface area (Å²) in [5.41, 5.74) is 0.582. The molecule has 88 valence electrons. The van der Waals surface area contributed by atoms with Gasteiger partial charge in [-0.3, -0.25) is 0 Å². The standard InChI is InChI=1S/C12H15F2NO/c1-3-15-11-7(2)6-16-12-9(11)4-8(13)5-10(12)14/h4-5,7,11,15H,3,6H2,1-2H3. The third kappa shape index (κ3) is 1.89. The lowest BCUT2D eigenvalue weighted by atomic mass is 9.92. The van der Waals surface area contributed by atoms with Crippen molar-refractivity contribution in [3.8, 4) is 5.75 Å². The zero-order valence-corrected chi connectivity index (χ0v) is 9.39. The molecule has 4 heteroatoms. The molecule has 1 aliphatic rings. The first-order valence-corrected chi connectivity index (χ1v) is 5.48. The number of nitrogens with one attached hydrogen (secondary N) is 1. The average Bonchev–Trinajstić information content (AvgIpc) is 2.22. The maximum atomic E-state index is 13.5. The van der Waals surface area contributed by atoms with Crippen LogP contribution in [0.2, 0.25) is 0 Å². The zero-order chi connectivity index (χ0) is 11.7. The molecule has 0 bridgehead atoms. The molecular formula is C12H15F2NO. The summed E-state index contributed by atoms with van der Waals surface area (Å²) in [6.45, 7) is 5.18. The molecule has 16 heavy (non-hydrogen) atoms. The van der Waals surface area contributed by atoms with E-state index in [1.807, 2.05) is 13.8 Å². The van der Waals surface area contributed by atoms with Gasteiger partial charge in [0.15, 0.2) is 11.6 Å². The van der Waals surface area contributed by atoms with Crippen LogP contribution in [0, 0.1) is 17.6 Å². The van der Waals surface area contributed by atoms with E-state index in [2.05, 4.69) is 5.32 Å². The molecule has 0 radical (unpaired) electrons. The number of fused-ring (bicyclic) bond motifs is 1. The third-order valence-corrected chi connectivity index (χ3v) is 2.86. The van der Waals surface area contributed by atoms with Crippen LogP contribution in [0.25, 0.3) is 0 Å². The Morgan fingerprint density at radius 1 is 1.44 bits per heavy atom. The van der Waals surface area contributed by atoms with Crippen molar-refractivity contribution in [2.24, 2.45) is 5.92 Å². The van der Waals surface area contributed by atoms with Gasteiger partial charge in [-0.2, -0.15) is 0 Å². The van der Waals surface area contributed by atoms with Crippen LogP contribution >= 0.6 is 0 Å². The van der Waals surface area contributed by atoms with Gasteiger partial charge in [0.2, 0.25) is 0 Å². The van der Waals surface area contributed by atoms with Crippen LogP contribution in [0.5, 0.6) is 5.75 Å². The fraction of sp³-hybridized carbons (Fsp3) is 0.500. The van der Waals surface area contributed by atoms with Gasteiger partial charge in [-0.05, 0) is 12.6 Å². The largest absolute Gasteiger partial charge is 0.490 e. The van der Waals surface area contributed by atoms with Gasteiger partial charge in [0, 0.05) is 23.6 Å². The smallest absolute Gasteiger partial charge is 0.168 e. The van der Waals surface area contributed by atoms with Gasteiger partial charge in [0.05, 0.1) is 6.61 Å². The van der Waals surface area contributed by atoms with Crippen molar-refractivity contribution in [3.05, 3.63) is 29.3 Å². The highest BCUT2D eigenvalue weighted by Gasteiger charge is 2.29. The fourth-order valence-electron chi connectivity index (χ4n) is 2.11. The molecule has 0 saturated carbocycles. The lowest BCUT2D eigenvalue weighted by Crippen LogP contribution is -2.34. The second-order valence-electron chi connectivity index (χ2n) is 4.13. The number of halogens is 2. The van der Waals surface area contributed by atoms with E-state index in [1.54, 1.807) is 0 Å². The predicted molar refractivity (Wildman–Crippen MR) is 57.4 cm³/mol. The van der Waals surface area contributed by atoms with E-state index >= 15 is 0 Å². The Morgan fingerprint density at radius 2 is 2.19 bits per heavy atom. The van der Waals surface area contributed by atoms with Gasteiger partial charge in [-0.1, -0.05) is 13.8 Å². The molecule has 1 aliphatic heterocycles. The maximum absolute atomic E-state index is 13.5. The molecule has 1 aromatic carbocycles. The molecule has 0 fully saturated rings. The highest BCUT2D eigenvalue weighted by Crippen LogP contribution is 2.37. The Kier molecular flexibility index (Phi) is 3.10. The summed E-state index contributed by atoms with van der Waals surface area (Å²) in [5.74, 6) is -0.791. The van der Waals surface area contributed by atoms with Crippen LogP contribution in [-0.2, 0) is 0 Å². The quantitative estimate of drug-likeness (QED) is 0.838.